The van der Waals surface area contributed by atoms with Gasteiger partial charge in [-0.25, -0.2) is 9.59 Å². The molecule has 2 rings (SSSR count). The molecule has 1 aromatic carbocycles. The molecular weight excluding hydrogens is 462 g/mol. The molecule has 1 aliphatic rings. The maximum atomic E-state index is 12.6. The lowest BCUT2D eigenvalue weighted by Gasteiger charge is -2.28. The van der Waals surface area contributed by atoms with Crippen molar-refractivity contribution in [3.05, 3.63) is 35.9 Å². The van der Waals surface area contributed by atoms with Crippen molar-refractivity contribution in [1.82, 2.24) is 15.1 Å². The van der Waals surface area contributed by atoms with Crippen molar-refractivity contribution in [3.63, 3.8) is 0 Å². The average molecular weight is 508 g/mol. The van der Waals surface area contributed by atoms with Gasteiger partial charge >= 0.3 is 18.2 Å². The first-order valence-corrected chi connectivity index (χ1v) is 12.9. The molecule has 0 unspecified atom stereocenters. The Bertz CT molecular complexity index is 787. The first kappa shape index (κ1) is 31.2. The molecule has 1 N–H and O–H groups in total. The predicted molar refractivity (Wildman–Crippen MR) is 140 cm³/mol. The second-order valence-electron chi connectivity index (χ2n) is 9.47. The summed E-state index contributed by atoms with van der Waals surface area (Å²) in [6.07, 6.45) is -0.661. The van der Waals surface area contributed by atoms with Crippen LogP contribution in [0.25, 0.3) is 0 Å². The molecule has 2 amide bonds. The molecule has 2 atom stereocenters. The van der Waals surface area contributed by atoms with Gasteiger partial charge in [-0.05, 0) is 59.3 Å². The van der Waals surface area contributed by atoms with Crippen LogP contribution in [-0.4, -0.2) is 78.4 Å². The summed E-state index contributed by atoms with van der Waals surface area (Å²) in [7, 11) is 0. The predicted octanol–water partition coefficient (Wildman–Crippen LogP) is 4.59. The van der Waals surface area contributed by atoms with Crippen molar-refractivity contribution in [1.29, 1.82) is 0 Å². The van der Waals surface area contributed by atoms with Gasteiger partial charge in [0, 0.05) is 6.54 Å². The Labute approximate surface area is 216 Å². The van der Waals surface area contributed by atoms with Crippen molar-refractivity contribution >= 4 is 18.2 Å². The smallest absolute Gasteiger partial charge is 0.410 e. The number of hydrogen-bond donors (Lipinski definition) is 1. The monoisotopic (exact) mass is 507 g/mol. The number of nitrogens with zero attached hydrogens (tertiary/aromatic N) is 2. The van der Waals surface area contributed by atoms with Crippen molar-refractivity contribution in [2.45, 2.75) is 85.6 Å². The zero-order chi connectivity index (χ0) is 27.1. The topological polar surface area (TPSA) is 97.4 Å². The molecule has 1 aliphatic heterocycles. The molecular formula is C27H45N3O6. The highest BCUT2D eigenvalue weighted by Gasteiger charge is 2.41. The molecule has 1 saturated heterocycles. The van der Waals surface area contributed by atoms with Crippen LogP contribution in [0.15, 0.2) is 30.3 Å². The second kappa shape index (κ2) is 16.0. The van der Waals surface area contributed by atoms with Crippen LogP contribution >= 0.6 is 0 Å². The van der Waals surface area contributed by atoms with Gasteiger partial charge in [0.1, 0.15) is 12.2 Å². The van der Waals surface area contributed by atoms with Crippen LogP contribution in [0.5, 0.6) is 0 Å². The summed E-state index contributed by atoms with van der Waals surface area (Å²) < 4.78 is 15.7. The molecule has 9 nitrogen and oxygen atoms in total. The minimum atomic E-state index is -0.645. The number of nitrogens with one attached hydrogen (secondary N) is 1. The Morgan fingerprint density at radius 3 is 2.11 bits per heavy atom. The number of carbonyl (C=O) groups is 3. The normalized spacial score (nSPS) is 17.2. The summed E-state index contributed by atoms with van der Waals surface area (Å²) in [4.78, 5) is 40.7. The molecule has 1 aromatic rings. The molecule has 9 heteroatoms. The minimum Gasteiger partial charge on any atom is -0.466 e. The molecule has 0 radical (unpaired) electrons. The maximum absolute atomic E-state index is 12.6. The van der Waals surface area contributed by atoms with Gasteiger partial charge in [0.15, 0.2) is 0 Å². The fourth-order valence-electron chi connectivity index (χ4n) is 3.82. The van der Waals surface area contributed by atoms with Gasteiger partial charge in [-0.2, -0.15) is 0 Å². The highest BCUT2D eigenvalue weighted by molar-refractivity contribution is 5.74. The van der Waals surface area contributed by atoms with Crippen LogP contribution in [0, 0.1) is 0 Å². The zero-order valence-corrected chi connectivity index (χ0v) is 23.0. The van der Waals surface area contributed by atoms with E-state index in [9.17, 15) is 14.4 Å². The van der Waals surface area contributed by atoms with Crippen LogP contribution in [0.3, 0.4) is 0 Å². The third-order valence-electron chi connectivity index (χ3n) is 5.71. The van der Waals surface area contributed by atoms with Crippen LogP contribution in [0.1, 0.15) is 66.9 Å². The van der Waals surface area contributed by atoms with Crippen LogP contribution in [0.2, 0.25) is 0 Å². The molecule has 0 aromatic heterocycles. The van der Waals surface area contributed by atoms with E-state index in [-0.39, 0.29) is 19.6 Å². The Balaban J connectivity index is 0.000000809. The zero-order valence-electron chi connectivity index (χ0n) is 23.0. The summed E-state index contributed by atoms with van der Waals surface area (Å²) in [5.74, 6) is -0.434. The average Bonchev–Trinajstić information content (AvgIpc) is 3.20. The van der Waals surface area contributed by atoms with Crippen LogP contribution < -0.4 is 5.32 Å². The van der Waals surface area contributed by atoms with Gasteiger partial charge in [-0.15, -0.1) is 0 Å². The number of alkyl carbamates (subject to hydrolysis) is 1. The third kappa shape index (κ3) is 11.7. The standard InChI is InChI=1S/C21H30N2O6.C6H15N/c1-5-27-18(24)13-17-16(22-19(25)29-21(2,3)4)11-12-23(17)20(26)28-14-15-9-7-6-8-10-15;1-4-7(5-2)6-3/h6-10,16-17H,5,11-14H2,1-4H3,(H,22,25);4-6H2,1-3H3/t16-,17+;/m1./s1. The van der Waals surface area contributed by atoms with E-state index in [0.29, 0.717) is 13.0 Å². The molecule has 36 heavy (non-hydrogen) atoms. The number of rotatable bonds is 9. The number of carbonyl (C=O) groups excluding carboxylic acids is 3. The first-order chi connectivity index (χ1) is 17.0. The van der Waals surface area contributed by atoms with Gasteiger partial charge in [0.2, 0.25) is 0 Å². The van der Waals surface area contributed by atoms with E-state index in [0.717, 1.165) is 5.56 Å². The van der Waals surface area contributed by atoms with E-state index in [1.54, 1.807) is 27.7 Å². The van der Waals surface area contributed by atoms with E-state index < -0.39 is 35.8 Å². The summed E-state index contributed by atoms with van der Waals surface area (Å²) in [6, 6.07) is 8.34. The van der Waals surface area contributed by atoms with Gasteiger partial charge < -0.3 is 29.3 Å². The van der Waals surface area contributed by atoms with Gasteiger partial charge in [0.05, 0.1) is 25.1 Å². The highest BCUT2D eigenvalue weighted by Crippen LogP contribution is 2.23. The Kier molecular flexibility index (Phi) is 13.9. The van der Waals surface area contributed by atoms with E-state index in [2.05, 4.69) is 31.0 Å². The summed E-state index contributed by atoms with van der Waals surface area (Å²) in [5, 5.41) is 2.77. The van der Waals surface area contributed by atoms with Crippen molar-refractivity contribution in [3.8, 4) is 0 Å². The first-order valence-electron chi connectivity index (χ1n) is 12.9. The second-order valence-corrected chi connectivity index (χ2v) is 9.47. The van der Waals surface area contributed by atoms with Crippen molar-refractivity contribution < 1.29 is 28.6 Å². The summed E-state index contributed by atoms with van der Waals surface area (Å²) in [5.41, 5.74) is 0.221. The van der Waals surface area contributed by atoms with E-state index in [1.807, 2.05) is 30.3 Å². The van der Waals surface area contributed by atoms with Crippen molar-refractivity contribution in [2.24, 2.45) is 0 Å². The van der Waals surface area contributed by atoms with Gasteiger partial charge in [-0.1, -0.05) is 51.1 Å². The molecule has 0 spiro atoms. The van der Waals surface area contributed by atoms with E-state index >= 15 is 0 Å². The number of esters is 1. The number of benzene rings is 1. The lowest BCUT2D eigenvalue weighted by atomic mass is 10.1. The van der Waals surface area contributed by atoms with Gasteiger partial charge in [0.25, 0.3) is 0 Å². The lowest BCUT2D eigenvalue weighted by molar-refractivity contribution is -0.144. The van der Waals surface area contributed by atoms with Crippen LogP contribution in [-0.2, 0) is 25.6 Å². The summed E-state index contributed by atoms with van der Waals surface area (Å²) in [6.45, 7) is 17.9. The largest absolute Gasteiger partial charge is 0.466 e. The van der Waals surface area contributed by atoms with E-state index in [1.165, 1.54) is 24.5 Å². The molecule has 204 valence electrons. The minimum absolute atomic E-state index is 0.0330. The number of amides is 2. The maximum Gasteiger partial charge on any atom is 0.410 e. The number of likely N-dealkylation sites (tertiary alicyclic amines) is 1. The highest BCUT2D eigenvalue weighted by atomic mass is 16.6. The summed E-state index contributed by atoms with van der Waals surface area (Å²) >= 11 is 0. The van der Waals surface area contributed by atoms with Crippen molar-refractivity contribution in [2.75, 3.05) is 32.8 Å². The molecule has 0 aliphatic carbocycles. The Hall–Kier alpha value is -2.81. The third-order valence-corrected chi connectivity index (χ3v) is 5.71. The molecule has 0 bridgehead atoms. The molecule has 1 heterocycles. The quantitative estimate of drug-likeness (QED) is 0.386. The SMILES string of the molecule is CCN(CC)CC.CCOC(=O)C[C@H]1[C@H](NC(=O)OC(C)(C)C)CCN1C(=O)OCc1ccccc1. The molecule has 0 saturated carbocycles. The number of ether oxygens (including phenoxy) is 3. The fraction of sp³-hybridized carbons (Fsp3) is 0.667. The van der Waals surface area contributed by atoms with Gasteiger partial charge in [-0.3, -0.25) is 4.79 Å². The number of hydrogen-bond acceptors (Lipinski definition) is 7. The Morgan fingerprint density at radius 1 is 1.00 bits per heavy atom. The fourth-order valence-corrected chi connectivity index (χ4v) is 3.82. The molecule has 1 fully saturated rings. The lowest BCUT2D eigenvalue weighted by Crippen LogP contribution is -2.49. The van der Waals surface area contributed by atoms with Crippen LogP contribution in [0.4, 0.5) is 9.59 Å². The van der Waals surface area contributed by atoms with E-state index in [4.69, 9.17) is 14.2 Å². The Morgan fingerprint density at radius 2 is 1.61 bits per heavy atom.